The van der Waals surface area contributed by atoms with Crippen LogP contribution in [-0.2, 0) is 14.3 Å². The number of esters is 1. The third-order valence-electron chi connectivity index (χ3n) is 3.26. The minimum Gasteiger partial charge on any atom is -0.465 e. The first-order chi connectivity index (χ1) is 10.0. The first-order valence-corrected chi connectivity index (χ1v) is 6.84. The van der Waals surface area contributed by atoms with Crippen LogP contribution >= 0.6 is 11.6 Å². The van der Waals surface area contributed by atoms with Gasteiger partial charge in [-0.3, -0.25) is 9.59 Å². The second kappa shape index (κ2) is 6.58. The molecule has 7 heteroatoms. The summed E-state index contributed by atoms with van der Waals surface area (Å²) in [5.41, 5.74) is 0.620. The fourth-order valence-electron chi connectivity index (χ4n) is 2.11. The van der Waals surface area contributed by atoms with E-state index in [0.29, 0.717) is 29.2 Å². The van der Waals surface area contributed by atoms with Gasteiger partial charge in [-0.1, -0.05) is 11.6 Å². The lowest BCUT2D eigenvalue weighted by Crippen LogP contribution is -2.38. The van der Waals surface area contributed by atoms with E-state index in [1.54, 1.807) is 0 Å². The summed E-state index contributed by atoms with van der Waals surface area (Å²) < 4.78 is 4.62. The van der Waals surface area contributed by atoms with Crippen LogP contribution in [0.1, 0.15) is 23.2 Å². The molecule has 1 aromatic rings. The molecule has 2 amide bonds. The number of carbonyl (C=O) groups excluding carboxylic acids is 3. The van der Waals surface area contributed by atoms with Gasteiger partial charge in [0.2, 0.25) is 11.8 Å². The SMILES string of the molecule is COC(=O)c1ccc(Cl)c(NC(=O)C2CCNC(=O)C2)c1. The fourth-order valence-corrected chi connectivity index (χ4v) is 2.27. The first-order valence-electron chi connectivity index (χ1n) is 6.46. The molecule has 0 aromatic heterocycles. The molecule has 0 radical (unpaired) electrons. The number of halogens is 1. The summed E-state index contributed by atoms with van der Waals surface area (Å²) in [6.45, 7) is 0.479. The van der Waals surface area contributed by atoms with Gasteiger partial charge in [0.15, 0.2) is 0 Å². The third kappa shape index (κ3) is 3.72. The van der Waals surface area contributed by atoms with E-state index in [9.17, 15) is 14.4 Å². The molecule has 1 atom stereocenters. The molecule has 1 aromatic carbocycles. The topological polar surface area (TPSA) is 84.5 Å². The summed E-state index contributed by atoms with van der Waals surface area (Å²) in [6, 6.07) is 4.48. The molecule has 0 saturated carbocycles. The molecule has 1 unspecified atom stereocenters. The first kappa shape index (κ1) is 15.3. The van der Waals surface area contributed by atoms with Crippen LogP contribution in [0.4, 0.5) is 5.69 Å². The maximum atomic E-state index is 12.2. The van der Waals surface area contributed by atoms with Crippen LogP contribution in [0.3, 0.4) is 0 Å². The number of amides is 2. The minimum atomic E-state index is -0.515. The van der Waals surface area contributed by atoms with Gasteiger partial charge in [0.1, 0.15) is 0 Å². The highest BCUT2D eigenvalue weighted by Gasteiger charge is 2.26. The van der Waals surface area contributed by atoms with Crippen molar-refractivity contribution in [1.29, 1.82) is 0 Å². The van der Waals surface area contributed by atoms with Gasteiger partial charge >= 0.3 is 5.97 Å². The average molecular weight is 311 g/mol. The second-order valence-corrected chi connectivity index (χ2v) is 5.12. The monoisotopic (exact) mass is 310 g/mol. The number of hydrogen-bond acceptors (Lipinski definition) is 4. The van der Waals surface area contributed by atoms with E-state index in [0.717, 1.165) is 0 Å². The molecular formula is C14H15ClN2O4. The number of nitrogens with one attached hydrogen (secondary N) is 2. The van der Waals surface area contributed by atoms with E-state index in [4.69, 9.17) is 11.6 Å². The Morgan fingerprint density at radius 2 is 2.19 bits per heavy atom. The van der Waals surface area contributed by atoms with Gasteiger partial charge in [-0.25, -0.2) is 4.79 Å². The van der Waals surface area contributed by atoms with Crippen molar-refractivity contribution in [3.63, 3.8) is 0 Å². The van der Waals surface area contributed by atoms with Crippen molar-refractivity contribution in [3.8, 4) is 0 Å². The highest BCUT2D eigenvalue weighted by Crippen LogP contribution is 2.25. The zero-order chi connectivity index (χ0) is 15.4. The fraction of sp³-hybridized carbons (Fsp3) is 0.357. The van der Waals surface area contributed by atoms with E-state index in [1.165, 1.54) is 25.3 Å². The van der Waals surface area contributed by atoms with Crippen LogP contribution in [0.5, 0.6) is 0 Å². The Hall–Kier alpha value is -2.08. The Balaban J connectivity index is 2.12. The van der Waals surface area contributed by atoms with Crippen LogP contribution in [0.25, 0.3) is 0 Å². The molecule has 2 N–H and O–H groups in total. The number of ether oxygens (including phenoxy) is 1. The Labute approximate surface area is 126 Å². The molecule has 1 fully saturated rings. The molecule has 1 aliphatic rings. The minimum absolute atomic E-state index is 0.143. The number of anilines is 1. The lowest BCUT2D eigenvalue weighted by atomic mass is 9.96. The quantitative estimate of drug-likeness (QED) is 0.830. The maximum Gasteiger partial charge on any atom is 0.337 e. The Morgan fingerprint density at radius 3 is 2.86 bits per heavy atom. The van der Waals surface area contributed by atoms with Gasteiger partial charge in [-0.15, -0.1) is 0 Å². The predicted molar refractivity (Wildman–Crippen MR) is 77.2 cm³/mol. The van der Waals surface area contributed by atoms with Gasteiger partial charge in [0.05, 0.1) is 23.4 Å². The molecule has 1 aliphatic heterocycles. The average Bonchev–Trinajstić information content (AvgIpc) is 2.48. The van der Waals surface area contributed by atoms with Crippen LogP contribution in [0.15, 0.2) is 18.2 Å². The van der Waals surface area contributed by atoms with Gasteiger partial charge in [-0.2, -0.15) is 0 Å². The van der Waals surface area contributed by atoms with Crippen molar-refractivity contribution in [1.82, 2.24) is 5.32 Å². The van der Waals surface area contributed by atoms with E-state index in [-0.39, 0.29) is 18.2 Å². The van der Waals surface area contributed by atoms with Crippen molar-refractivity contribution >= 4 is 35.1 Å². The Bertz CT molecular complexity index is 588. The van der Waals surface area contributed by atoms with Crippen LogP contribution in [0.2, 0.25) is 5.02 Å². The van der Waals surface area contributed by atoms with Crippen LogP contribution in [-0.4, -0.2) is 31.4 Å². The molecular weight excluding hydrogens is 296 g/mol. The molecule has 112 valence electrons. The van der Waals surface area contributed by atoms with E-state index < -0.39 is 11.9 Å². The van der Waals surface area contributed by atoms with Crippen molar-refractivity contribution in [2.45, 2.75) is 12.8 Å². The summed E-state index contributed by atoms with van der Waals surface area (Å²) in [6.07, 6.45) is 0.728. The Kier molecular flexibility index (Phi) is 4.80. The lowest BCUT2D eigenvalue weighted by Gasteiger charge is -2.21. The lowest BCUT2D eigenvalue weighted by molar-refractivity contribution is -0.129. The highest BCUT2D eigenvalue weighted by atomic mass is 35.5. The molecule has 0 spiro atoms. The number of hydrogen-bond donors (Lipinski definition) is 2. The number of rotatable bonds is 3. The van der Waals surface area contributed by atoms with Crippen molar-refractivity contribution in [2.75, 3.05) is 19.0 Å². The molecule has 21 heavy (non-hydrogen) atoms. The molecule has 2 rings (SSSR count). The summed E-state index contributed by atoms with van der Waals surface area (Å²) in [7, 11) is 1.27. The molecule has 1 saturated heterocycles. The smallest absolute Gasteiger partial charge is 0.337 e. The van der Waals surface area contributed by atoms with E-state index >= 15 is 0 Å². The predicted octanol–water partition coefficient (Wildman–Crippen LogP) is 1.59. The zero-order valence-electron chi connectivity index (χ0n) is 11.4. The molecule has 6 nitrogen and oxygen atoms in total. The number of benzene rings is 1. The van der Waals surface area contributed by atoms with Gasteiger partial charge < -0.3 is 15.4 Å². The van der Waals surface area contributed by atoms with Crippen molar-refractivity contribution in [3.05, 3.63) is 28.8 Å². The summed E-state index contributed by atoms with van der Waals surface area (Å²) in [4.78, 5) is 34.9. The third-order valence-corrected chi connectivity index (χ3v) is 3.59. The summed E-state index contributed by atoms with van der Waals surface area (Å²) >= 11 is 6.01. The molecule has 1 heterocycles. The standard InChI is InChI=1S/C14H15ClN2O4/c1-21-14(20)9-2-3-10(15)11(6-9)17-13(19)8-4-5-16-12(18)7-8/h2-3,6,8H,4-5,7H2,1H3,(H,16,18)(H,17,19). The normalized spacial score (nSPS) is 17.8. The summed E-state index contributed by atoms with van der Waals surface area (Å²) in [5, 5.41) is 5.64. The van der Waals surface area contributed by atoms with Gasteiger partial charge in [0, 0.05) is 18.9 Å². The Morgan fingerprint density at radius 1 is 1.43 bits per heavy atom. The van der Waals surface area contributed by atoms with Gasteiger partial charge in [0.25, 0.3) is 0 Å². The van der Waals surface area contributed by atoms with Crippen molar-refractivity contribution < 1.29 is 19.1 Å². The van der Waals surface area contributed by atoms with Crippen molar-refractivity contribution in [2.24, 2.45) is 5.92 Å². The summed E-state index contributed by atoms with van der Waals surface area (Å²) in [5.74, 6) is -1.33. The second-order valence-electron chi connectivity index (χ2n) is 4.72. The van der Waals surface area contributed by atoms with E-state index in [1.807, 2.05) is 0 Å². The number of carbonyl (C=O) groups is 3. The van der Waals surface area contributed by atoms with Crippen LogP contribution < -0.4 is 10.6 Å². The highest BCUT2D eigenvalue weighted by molar-refractivity contribution is 6.33. The van der Waals surface area contributed by atoms with E-state index in [2.05, 4.69) is 15.4 Å². The molecule has 0 bridgehead atoms. The van der Waals surface area contributed by atoms with Crippen LogP contribution in [0, 0.1) is 5.92 Å². The number of piperidine rings is 1. The molecule has 0 aliphatic carbocycles. The van der Waals surface area contributed by atoms with Gasteiger partial charge in [-0.05, 0) is 24.6 Å². The number of methoxy groups -OCH3 is 1. The zero-order valence-corrected chi connectivity index (χ0v) is 12.2. The maximum absolute atomic E-state index is 12.2. The largest absolute Gasteiger partial charge is 0.465 e.